The molecule has 1 fully saturated rings. The first kappa shape index (κ1) is 13.3. The molecule has 0 aliphatic heterocycles. The fourth-order valence-electron chi connectivity index (χ4n) is 2.86. The molecule has 2 rings (SSSR count). The third-order valence-electron chi connectivity index (χ3n) is 3.77. The van der Waals surface area contributed by atoms with Gasteiger partial charge in [-0.25, -0.2) is 0 Å². The highest BCUT2D eigenvalue weighted by Crippen LogP contribution is 2.33. The molecule has 0 bridgehead atoms. The molecule has 0 spiro atoms. The van der Waals surface area contributed by atoms with E-state index in [4.69, 9.17) is 0 Å². The number of benzene rings is 1. The van der Waals surface area contributed by atoms with E-state index in [1.54, 1.807) is 0 Å². The van der Waals surface area contributed by atoms with Crippen molar-refractivity contribution >= 4 is 22.6 Å². The largest absolute Gasteiger partial charge is 0.310 e. The standard InChI is InChI=1S/C15H22IN/c1-2-17-15(11-12-5-3-4-6-12)13-7-9-14(16)10-8-13/h7-10,12,15,17H,2-6,11H2,1H3. The number of hydrogen-bond acceptors (Lipinski definition) is 1. The van der Waals surface area contributed by atoms with Crippen molar-refractivity contribution in [2.75, 3.05) is 6.54 Å². The zero-order valence-electron chi connectivity index (χ0n) is 10.6. The van der Waals surface area contributed by atoms with Crippen LogP contribution in [0.25, 0.3) is 0 Å². The second-order valence-corrected chi connectivity index (χ2v) is 6.29. The van der Waals surface area contributed by atoms with Gasteiger partial charge in [-0.15, -0.1) is 0 Å². The van der Waals surface area contributed by atoms with E-state index in [1.807, 2.05) is 0 Å². The van der Waals surface area contributed by atoms with Gasteiger partial charge in [0.1, 0.15) is 0 Å². The van der Waals surface area contributed by atoms with Crippen molar-refractivity contribution < 1.29 is 0 Å². The molecule has 1 atom stereocenters. The molecular weight excluding hydrogens is 321 g/mol. The maximum atomic E-state index is 3.64. The van der Waals surface area contributed by atoms with E-state index < -0.39 is 0 Å². The van der Waals surface area contributed by atoms with E-state index >= 15 is 0 Å². The molecule has 1 N–H and O–H groups in total. The van der Waals surface area contributed by atoms with Gasteiger partial charge in [0.25, 0.3) is 0 Å². The summed E-state index contributed by atoms with van der Waals surface area (Å²) < 4.78 is 1.32. The molecule has 94 valence electrons. The Hall–Kier alpha value is -0.0900. The normalized spacial score (nSPS) is 18.5. The number of hydrogen-bond donors (Lipinski definition) is 1. The summed E-state index contributed by atoms with van der Waals surface area (Å²) in [5.41, 5.74) is 1.46. The Morgan fingerprint density at radius 1 is 1.24 bits per heavy atom. The van der Waals surface area contributed by atoms with E-state index in [-0.39, 0.29) is 0 Å². The fraction of sp³-hybridized carbons (Fsp3) is 0.600. The molecule has 2 heteroatoms. The van der Waals surface area contributed by atoms with Crippen LogP contribution in [0, 0.1) is 9.49 Å². The van der Waals surface area contributed by atoms with E-state index in [0.717, 1.165) is 12.5 Å². The number of halogens is 1. The van der Waals surface area contributed by atoms with Gasteiger partial charge in [0, 0.05) is 9.61 Å². The maximum absolute atomic E-state index is 3.64. The van der Waals surface area contributed by atoms with E-state index in [9.17, 15) is 0 Å². The summed E-state index contributed by atoms with van der Waals surface area (Å²) in [6.45, 7) is 3.26. The van der Waals surface area contributed by atoms with Crippen LogP contribution in [0.2, 0.25) is 0 Å². The Morgan fingerprint density at radius 3 is 2.47 bits per heavy atom. The van der Waals surface area contributed by atoms with Crippen molar-refractivity contribution in [1.29, 1.82) is 0 Å². The van der Waals surface area contributed by atoms with Crippen LogP contribution in [0.4, 0.5) is 0 Å². The highest BCUT2D eigenvalue weighted by Gasteiger charge is 2.20. The average molecular weight is 343 g/mol. The van der Waals surface area contributed by atoms with E-state index in [2.05, 4.69) is 59.1 Å². The van der Waals surface area contributed by atoms with Crippen molar-refractivity contribution in [3.8, 4) is 0 Å². The molecule has 0 saturated heterocycles. The van der Waals surface area contributed by atoms with E-state index in [0.29, 0.717) is 6.04 Å². The third kappa shape index (κ3) is 3.95. The Bertz CT molecular complexity index is 327. The van der Waals surface area contributed by atoms with Crippen molar-refractivity contribution in [3.05, 3.63) is 33.4 Å². The molecule has 1 aliphatic carbocycles. The highest BCUT2D eigenvalue weighted by atomic mass is 127. The second kappa shape index (κ2) is 6.74. The van der Waals surface area contributed by atoms with Gasteiger partial charge in [-0.05, 0) is 59.2 Å². The molecular formula is C15H22IN. The SMILES string of the molecule is CCNC(CC1CCCC1)c1ccc(I)cc1. The molecule has 1 unspecified atom stereocenters. The molecule has 1 saturated carbocycles. The lowest BCUT2D eigenvalue weighted by atomic mass is 9.93. The van der Waals surface area contributed by atoms with Gasteiger partial charge < -0.3 is 5.32 Å². The Morgan fingerprint density at radius 2 is 1.88 bits per heavy atom. The van der Waals surface area contributed by atoms with Crippen molar-refractivity contribution in [3.63, 3.8) is 0 Å². The monoisotopic (exact) mass is 343 g/mol. The maximum Gasteiger partial charge on any atom is 0.0322 e. The first-order valence-corrected chi connectivity index (χ1v) is 7.86. The average Bonchev–Trinajstić information content (AvgIpc) is 2.82. The molecule has 0 aromatic heterocycles. The van der Waals surface area contributed by atoms with Crippen molar-refractivity contribution in [2.24, 2.45) is 5.92 Å². The van der Waals surface area contributed by atoms with E-state index in [1.165, 1.54) is 41.2 Å². The Balaban J connectivity index is 2.02. The fourth-order valence-corrected chi connectivity index (χ4v) is 3.22. The number of nitrogens with one attached hydrogen (secondary N) is 1. The zero-order valence-corrected chi connectivity index (χ0v) is 12.7. The quantitative estimate of drug-likeness (QED) is 0.775. The van der Waals surface area contributed by atoms with Gasteiger partial charge in [0.2, 0.25) is 0 Å². The van der Waals surface area contributed by atoms with Crippen LogP contribution in [-0.2, 0) is 0 Å². The van der Waals surface area contributed by atoms with Crippen molar-refractivity contribution in [2.45, 2.75) is 45.1 Å². The predicted molar refractivity (Wildman–Crippen MR) is 82.2 cm³/mol. The summed E-state index contributed by atoms with van der Waals surface area (Å²) in [6.07, 6.45) is 7.07. The Labute approximate surface area is 119 Å². The first-order chi connectivity index (χ1) is 8.29. The molecule has 0 heterocycles. The topological polar surface area (TPSA) is 12.0 Å². The lowest BCUT2D eigenvalue weighted by Gasteiger charge is -2.22. The van der Waals surface area contributed by atoms with Gasteiger partial charge in [-0.1, -0.05) is 44.7 Å². The van der Waals surface area contributed by atoms with Crippen LogP contribution in [-0.4, -0.2) is 6.54 Å². The predicted octanol–water partition coefficient (Wildman–Crippen LogP) is 4.52. The summed E-state index contributed by atoms with van der Waals surface area (Å²) in [7, 11) is 0. The molecule has 0 amide bonds. The van der Waals surface area contributed by atoms with Crippen LogP contribution in [0.3, 0.4) is 0 Å². The molecule has 1 aromatic carbocycles. The smallest absolute Gasteiger partial charge is 0.0322 e. The molecule has 17 heavy (non-hydrogen) atoms. The van der Waals surface area contributed by atoms with Gasteiger partial charge in [-0.3, -0.25) is 0 Å². The summed E-state index contributed by atoms with van der Waals surface area (Å²) in [5, 5.41) is 3.64. The lowest BCUT2D eigenvalue weighted by Crippen LogP contribution is -2.23. The van der Waals surface area contributed by atoms with Gasteiger partial charge in [0.15, 0.2) is 0 Å². The van der Waals surface area contributed by atoms with Crippen LogP contribution in [0.15, 0.2) is 24.3 Å². The minimum absolute atomic E-state index is 0.556. The second-order valence-electron chi connectivity index (χ2n) is 5.05. The summed E-state index contributed by atoms with van der Waals surface area (Å²) in [6, 6.07) is 9.55. The minimum atomic E-state index is 0.556. The first-order valence-electron chi connectivity index (χ1n) is 6.78. The van der Waals surface area contributed by atoms with Crippen LogP contribution < -0.4 is 5.32 Å². The van der Waals surface area contributed by atoms with Crippen LogP contribution in [0.5, 0.6) is 0 Å². The zero-order chi connectivity index (χ0) is 12.1. The van der Waals surface area contributed by atoms with Crippen LogP contribution >= 0.6 is 22.6 Å². The summed E-state index contributed by atoms with van der Waals surface area (Å²) in [4.78, 5) is 0. The molecule has 1 aliphatic rings. The number of rotatable bonds is 5. The molecule has 1 nitrogen and oxygen atoms in total. The van der Waals surface area contributed by atoms with Crippen LogP contribution in [0.1, 0.15) is 50.6 Å². The molecule has 0 radical (unpaired) electrons. The minimum Gasteiger partial charge on any atom is -0.310 e. The lowest BCUT2D eigenvalue weighted by molar-refractivity contribution is 0.401. The Kier molecular flexibility index (Phi) is 5.29. The van der Waals surface area contributed by atoms with Gasteiger partial charge >= 0.3 is 0 Å². The highest BCUT2D eigenvalue weighted by molar-refractivity contribution is 14.1. The van der Waals surface area contributed by atoms with Gasteiger partial charge in [-0.2, -0.15) is 0 Å². The summed E-state index contributed by atoms with van der Waals surface area (Å²) in [5.74, 6) is 0.943. The summed E-state index contributed by atoms with van der Waals surface area (Å²) >= 11 is 2.37. The third-order valence-corrected chi connectivity index (χ3v) is 4.49. The van der Waals surface area contributed by atoms with Gasteiger partial charge in [0.05, 0.1) is 0 Å². The van der Waals surface area contributed by atoms with Crippen molar-refractivity contribution in [1.82, 2.24) is 5.32 Å². The molecule has 1 aromatic rings.